The first-order valence-electron chi connectivity index (χ1n) is 5.83. The molecule has 0 aliphatic carbocycles. The Labute approximate surface area is 106 Å². The predicted octanol–water partition coefficient (Wildman–Crippen LogP) is 4.27. The van der Waals surface area contributed by atoms with Gasteiger partial charge in [-0.1, -0.05) is 84.9 Å². The van der Waals surface area contributed by atoms with Gasteiger partial charge in [-0.05, 0) is 13.8 Å². The quantitative estimate of drug-likeness (QED) is 0.447. The van der Waals surface area contributed by atoms with E-state index in [0.717, 1.165) is 7.28 Å². The molecule has 0 rings (SSSR count). The summed E-state index contributed by atoms with van der Waals surface area (Å²) in [5.74, 6) is 0. The SMILES string of the molecule is C=C/C=C\C(BC(/C=C\C)=C/C=C\C)=C/C=C. The molecule has 1 heteroatoms. The maximum Gasteiger partial charge on any atom is 0.192 e. The number of hydrogen-bond acceptors (Lipinski definition) is 0. The van der Waals surface area contributed by atoms with Crippen molar-refractivity contribution in [3.63, 3.8) is 0 Å². The summed E-state index contributed by atoms with van der Waals surface area (Å²) in [6, 6.07) is 0. The van der Waals surface area contributed by atoms with Crippen molar-refractivity contribution in [3.8, 4) is 0 Å². The minimum absolute atomic E-state index is 0.894. The number of hydrogen-bond donors (Lipinski definition) is 0. The maximum atomic E-state index is 3.74. The number of rotatable bonds is 7. The molecule has 0 atom stereocenters. The first-order valence-corrected chi connectivity index (χ1v) is 5.83. The van der Waals surface area contributed by atoms with Crippen LogP contribution in [0.5, 0.6) is 0 Å². The highest BCUT2D eigenvalue weighted by Crippen LogP contribution is 2.05. The van der Waals surface area contributed by atoms with Crippen molar-refractivity contribution in [2.75, 3.05) is 0 Å². The van der Waals surface area contributed by atoms with Gasteiger partial charge in [-0.25, -0.2) is 0 Å². The fraction of sp³-hybridized carbons (Fsp3) is 0.125. The molecule has 0 aliphatic rings. The van der Waals surface area contributed by atoms with Crippen LogP contribution >= 0.6 is 0 Å². The Morgan fingerprint density at radius 1 is 0.824 bits per heavy atom. The monoisotopic (exact) mass is 224 g/mol. The summed E-state index contributed by atoms with van der Waals surface area (Å²) in [6.45, 7) is 11.5. The molecule has 0 aromatic rings. The standard InChI is InChI=1S/C16H21B/c1-5-9-13-15(11-7-3)17-16(12-8-4)14-10-6-2/h5-14,17H,1,3H2,2,4H3/b10-6-,12-8-,13-9-,15-11+,16-14+. The molecule has 0 saturated heterocycles. The van der Waals surface area contributed by atoms with E-state index in [1.807, 2.05) is 38.2 Å². The van der Waals surface area contributed by atoms with E-state index >= 15 is 0 Å². The van der Waals surface area contributed by atoms with E-state index in [0.29, 0.717) is 0 Å². The molecule has 0 spiro atoms. The van der Waals surface area contributed by atoms with Crippen molar-refractivity contribution in [2.24, 2.45) is 0 Å². The van der Waals surface area contributed by atoms with Gasteiger partial charge in [0.1, 0.15) is 0 Å². The Kier molecular flexibility index (Phi) is 9.64. The molecule has 0 saturated carbocycles. The van der Waals surface area contributed by atoms with Gasteiger partial charge < -0.3 is 0 Å². The number of allylic oxidation sites excluding steroid dienone is 12. The molecule has 0 amide bonds. The van der Waals surface area contributed by atoms with Crippen LogP contribution in [0, 0.1) is 0 Å². The molecule has 0 radical (unpaired) electrons. The summed E-state index contributed by atoms with van der Waals surface area (Å²) in [6.07, 6.45) is 20.0. The molecule has 0 aromatic heterocycles. The van der Waals surface area contributed by atoms with Crippen LogP contribution in [0.25, 0.3) is 0 Å². The van der Waals surface area contributed by atoms with E-state index in [1.165, 1.54) is 10.9 Å². The topological polar surface area (TPSA) is 0 Å². The lowest BCUT2D eigenvalue weighted by atomic mass is 9.62. The second-order valence-corrected chi connectivity index (χ2v) is 3.52. The van der Waals surface area contributed by atoms with Crippen molar-refractivity contribution in [1.82, 2.24) is 0 Å². The van der Waals surface area contributed by atoms with Gasteiger partial charge in [-0.2, -0.15) is 0 Å². The minimum atomic E-state index is 0.894. The van der Waals surface area contributed by atoms with Crippen LogP contribution in [0.1, 0.15) is 13.8 Å². The van der Waals surface area contributed by atoms with Crippen molar-refractivity contribution < 1.29 is 0 Å². The molecule has 88 valence electrons. The van der Waals surface area contributed by atoms with Gasteiger partial charge in [-0.15, -0.1) is 0 Å². The lowest BCUT2D eigenvalue weighted by molar-refractivity contribution is 1.67. The predicted molar refractivity (Wildman–Crippen MR) is 82.5 cm³/mol. The molecule has 17 heavy (non-hydrogen) atoms. The van der Waals surface area contributed by atoms with Gasteiger partial charge >= 0.3 is 0 Å². The fourth-order valence-electron chi connectivity index (χ4n) is 1.36. The maximum absolute atomic E-state index is 3.74. The van der Waals surface area contributed by atoms with Gasteiger partial charge in [0.25, 0.3) is 0 Å². The van der Waals surface area contributed by atoms with Gasteiger partial charge in [0, 0.05) is 0 Å². The second-order valence-electron chi connectivity index (χ2n) is 3.52. The normalized spacial score (nSPS) is 13.8. The van der Waals surface area contributed by atoms with E-state index in [4.69, 9.17) is 0 Å². The fourth-order valence-corrected chi connectivity index (χ4v) is 1.36. The Balaban J connectivity index is 4.92. The molecule has 0 unspecified atom stereocenters. The van der Waals surface area contributed by atoms with Crippen molar-refractivity contribution in [2.45, 2.75) is 13.8 Å². The molecule has 0 fully saturated rings. The zero-order valence-electron chi connectivity index (χ0n) is 10.9. The average molecular weight is 224 g/mol. The Morgan fingerprint density at radius 2 is 1.53 bits per heavy atom. The van der Waals surface area contributed by atoms with Crippen LogP contribution in [-0.4, -0.2) is 7.28 Å². The second kappa shape index (κ2) is 10.8. The van der Waals surface area contributed by atoms with Gasteiger partial charge in [-0.3, -0.25) is 0 Å². The molecular weight excluding hydrogens is 203 g/mol. The van der Waals surface area contributed by atoms with Crippen molar-refractivity contribution in [1.29, 1.82) is 0 Å². The molecular formula is C16H21B. The van der Waals surface area contributed by atoms with Gasteiger partial charge in [0.2, 0.25) is 0 Å². The van der Waals surface area contributed by atoms with Crippen molar-refractivity contribution >= 4 is 7.28 Å². The first kappa shape index (κ1) is 15.2. The van der Waals surface area contributed by atoms with Crippen molar-refractivity contribution in [3.05, 3.63) is 84.9 Å². The molecule has 0 heterocycles. The van der Waals surface area contributed by atoms with E-state index in [9.17, 15) is 0 Å². The summed E-state index contributed by atoms with van der Waals surface area (Å²) in [5, 5.41) is 0. The Hall–Kier alpha value is -1.76. The third-order valence-electron chi connectivity index (χ3n) is 2.07. The highest BCUT2D eigenvalue weighted by molar-refractivity contribution is 6.55. The minimum Gasteiger partial charge on any atom is -0.0991 e. The van der Waals surface area contributed by atoms with E-state index in [1.54, 1.807) is 6.08 Å². The smallest absolute Gasteiger partial charge is 0.0991 e. The molecule has 0 N–H and O–H groups in total. The summed E-state index contributed by atoms with van der Waals surface area (Å²) >= 11 is 0. The molecule has 0 nitrogen and oxygen atoms in total. The van der Waals surface area contributed by atoms with Gasteiger partial charge in [0.15, 0.2) is 7.28 Å². The third-order valence-corrected chi connectivity index (χ3v) is 2.07. The van der Waals surface area contributed by atoms with E-state index < -0.39 is 0 Å². The zero-order valence-corrected chi connectivity index (χ0v) is 10.9. The summed E-state index contributed by atoms with van der Waals surface area (Å²) in [7, 11) is 0.894. The van der Waals surface area contributed by atoms with Crippen LogP contribution in [0.4, 0.5) is 0 Å². The highest BCUT2D eigenvalue weighted by Gasteiger charge is 1.98. The summed E-state index contributed by atoms with van der Waals surface area (Å²) in [5.41, 5.74) is 2.49. The lowest BCUT2D eigenvalue weighted by Crippen LogP contribution is -1.97. The lowest BCUT2D eigenvalue weighted by Gasteiger charge is -2.00. The van der Waals surface area contributed by atoms with Crippen LogP contribution in [0.2, 0.25) is 0 Å². The first-order chi connectivity index (χ1) is 8.28. The Bertz CT molecular complexity index is 376. The average Bonchev–Trinajstić information content (AvgIpc) is 2.33. The van der Waals surface area contributed by atoms with Crippen LogP contribution in [-0.2, 0) is 0 Å². The highest BCUT2D eigenvalue weighted by atomic mass is 13.8. The summed E-state index contributed by atoms with van der Waals surface area (Å²) < 4.78 is 0. The van der Waals surface area contributed by atoms with Crippen LogP contribution in [0.15, 0.2) is 84.9 Å². The Morgan fingerprint density at radius 3 is 2.06 bits per heavy atom. The molecule has 0 aromatic carbocycles. The molecule has 0 aliphatic heterocycles. The largest absolute Gasteiger partial charge is 0.192 e. The van der Waals surface area contributed by atoms with Gasteiger partial charge in [0.05, 0.1) is 0 Å². The van der Waals surface area contributed by atoms with Crippen LogP contribution < -0.4 is 0 Å². The molecule has 0 bridgehead atoms. The van der Waals surface area contributed by atoms with E-state index in [2.05, 4.69) is 43.5 Å². The third kappa shape index (κ3) is 8.09. The zero-order chi connectivity index (χ0) is 12.9. The summed E-state index contributed by atoms with van der Waals surface area (Å²) in [4.78, 5) is 0. The van der Waals surface area contributed by atoms with E-state index in [-0.39, 0.29) is 0 Å². The van der Waals surface area contributed by atoms with Crippen LogP contribution in [0.3, 0.4) is 0 Å².